The Morgan fingerprint density at radius 2 is 2.00 bits per heavy atom. The molecule has 0 heterocycles. The molecule has 0 aliphatic rings. The Kier molecular flexibility index (Phi) is 3.65. The van der Waals surface area contributed by atoms with Crippen molar-refractivity contribution >= 4 is 27.6 Å². The summed E-state index contributed by atoms with van der Waals surface area (Å²) in [4.78, 5) is 11.1. The standard InChI is InChI=1S/C9H6BrF4NO2/c1-17-8(16)3-2-4(9(12,13)14)5(10)6(11)7(3)15/h2H,15H2,1H3. The van der Waals surface area contributed by atoms with Crippen LogP contribution in [0.1, 0.15) is 15.9 Å². The fourth-order valence-electron chi connectivity index (χ4n) is 1.13. The van der Waals surface area contributed by atoms with Gasteiger partial charge in [-0.1, -0.05) is 0 Å². The van der Waals surface area contributed by atoms with E-state index in [1.807, 2.05) is 0 Å². The Balaban J connectivity index is 3.56. The summed E-state index contributed by atoms with van der Waals surface area (Å²) in [5.41, 5.74) is 2.51. The molecule has 0 saturated heterocycles. The van der Waals surface area contributed by atoms with E-state index in [1.165, 1.54) is 0 Å². The van der Waals surface area contributed by atoms with E-state index in [0.29, 0.717) is 6.07 Å². The predicted molar refractivity (Wildman–Crippen MR) is 54.9 cm³/mol. The van der Waals surface area contributed by atoms with Crippen molar-refractivity contribution in [1.82, 2.24) is 0 Å². The molecule has 0 radical (unpaired) electrons. The van der Waals surface area contributed by atoms with Crippen LogP contribution in [0.15, 0.2) is 10.5 Å². The summed E-state index contributed by atoms with van der Waals surface area (Å²) in [6.45, 7) is 0. The molecule has 17 heavy (non-hydrogen) atoms. The molecule has 0 aliphatic carbocycles. The number of methoxy groups -OCH3 is 1. The number of alkyl halides is 3. The molecule has 1 rings (SSSR count). The molecule has 0 saturated carbocycles. The first-order chi connectivity index (χ1) is 7.70. The van der Waals surface area contributed by atoms with Crippen molar-refractivity contribution in [1.29, 1.82) is 0 Å². The molecule has 1 aromatic rings. The van der Waals surface area contributed by atoms with Crippen molar-refractivity contribution in [2.45, 2.75) is 6.18 Å². The number of nitrogens with two attached hydrogens (primary N) is 1. The van der Waals surface area contributed by atoms with Gasteiger partial charge in [0.1, 0.15) is 0 Å². The number of carbonyl (C=O) groups is 1. The molecule has 8 heteroatoms. The van der Waals surface area contributed by atoms with E-state index < -0.39 is 39.2 Å². The molecule has 0 atom stereocenters. The van der Waals surface area contributed by atoms with E-state index in [1.54, 1.807) is 0 Å². The number of carbonyl (C=O) groups excluding carboxylic acids is 1. The van der Waals surface area contributed by atoms with Crippen LogP contribution in [-0.2, 0) is 10.9 Å². The molecule has 0 spiro atoms. The molecule has 0 fully saturated rings. The van der Waals surface area contributed by atoms with Crippen LogP contribution in [0, 0.1) is 5.82 Å². The van der Waals surface area contributed by atoms with Gasteiger partial charge in [-0.15, -0.1) is 0 Å². The quantitative estimate of drug-likeness (QED) is 0.492. The van der Waals surface area contributed by atoms with Gasteiger partial charge in [-0.05, 0) is 22.0 Å². The molecule has 0 amide bonds. The Bertz CT molecular complexity index is 473. The minimum atomic E-state index is -4.81. The molecular formula is C9H6BrF4NO2. The number of benzene rings is 1. The molecule has 2 N–H and O–H groups in total. The highest BCUT2D eigenvalue weighted by molar-refractivity contribution is 9.10. The minimum Gasteiger partial charge on any atom is -0.465 e. The van der Waals surface area contributed by atoms with Crippen LogP contribution in [-0.4, -0.2) is 13.1 Å². The zero-order valence-corrected chi connectivity index (χ0v) is 9.95. The second kappa shape index (κ2) is 4.52. The Morgan fingerprint density at radius 1 is 1.47 bits per heavy atom. The van der Waals surface area contributed by atoms with Gasteiger partial charge in [0.05, 0.1) is 28.4 Å². The number of anilines is 1. The maximum absolute atomic E-state index is 13.4. The second-order valence-corrected chi connectivity index (χ2v) is 3.80. The highest BCUT2D eigenvalue weighted by atomic mass is 79.9. The maximum atomic E-state index is 13.4. The molecular weight excluding hydrogens is 310 g/mol. The number of rotatable bonds is 1. The fourth-order valence-corrected chi connectivity index (χ4v) is 1.68. The summed E-state index contributed by atoms with van der Waals surface area (Å²) in [6, 6.07) is 0.439. The van der Waals surface area contributed by atoms with Crippen LogP contribution in [0.2, 0.25) is 0 Å². The molecule has 1 aromatic carbocycles. The molecule has 0 aromatic heterocycles. The number of ether oxygens (including phenoxy) is 1. The highest BCUT2D eigenvalue weighted by Gasteiger charge is 2.36. The zero-order chi connectivity index (χ0) is 13.4. The van der Waals surface area contributed by atoms with Crippen molar-refractivity contribution in [2.24, 2.45) is 0 Å². The predicted octanol–water partition coefficient (Wildman–Crippen LogP) is 2.98. The van der Waals surface area contributed by atoms with Gasteiger partial charge in [-0.2, -0.15) is 13.2 Å². The lowest BCUT2D eigenvalue weighted by molar-refractivity contribution is -0.138. The lowest BCUT2D eigenvalue weighted by Gasteiger charge is -2.13. The van der Waals surface area contributed by atoms with E-state index in [4.69, 9.17) is 5.73 Å². The van der Waals surface area contributed by atoms with Gasteiger partial charge in [0.2, 0.25) is 0 Å². The van der Waals surface area contributed by atoms with Crippen LogP contribution in [0.3, 0.4) is 0 Å². The van der Waals surface area contributed by atoms with Crippen LogP contribution in [0.5, 0.6) is 0 Å². The monoisotopic (exact) mass is 315 g/mol. The average Bonchev–Trinajstić information content (AvgIpc) is 2.23. The Labute approximate surface area is 102 Å². The lowest BCUT2D eigenvalue weighted by atomic mass is 10.1. The maximum Gasteiger partial charge on any atom is 0.417 e. The number of nitrogen functional groups attached to an aromatic ring is 1. The second-order valence-electron chi connectivity index (χ2n) is 3.00. The highest BCUT2D eigenvalue weighted by Crippen LogP contribution is 2.39. The van der Waals surface area contributed by atoms with Gasteiger partial charge in [-0.25, -0.2) is 9.18 Å². The summed E-state index contributed by atoms with van der Waals surface area (Å²) < 4.78 is 54.3. The molecule has 0 unspecified atom stereocenters. The van der Waals surface area contributed by atoms with Crippen molar-refractivity contribution in [3.63, 3.8) is 0 Å². The number of hydrogen-bond donors (Lipinski definition) is 1. The third kappa shape index (κ3) is 2.51. The van der Waals surface area contributed by atoms with E-state index in [0.717, 1.165) is 7.11 Å². The summed E-state index contributed by atoms with van der Waals surface area (Å²) in [7, 11) is 0.953. The largest absolute Gasteiger partial charge is 0.465 e. The van der Waals surface area contributed by atoms with Crippen LogP contribution in [0.25, 0.3) is 0 Å². The molecule has 0 bridgehead atoms. The van der Waals surface area contributed by atoms with Gasteiger partial charge < -0.3 is 10.5 Å². The number of halogens is 5. The zero-order valence-electron chi connectivity index (χ0n) is 8.36. The summed E-state index contributed by atoms with van der Waals surface area (Å²) in [6.07, 6.45) is -4.81. The van der Waals surface area contributed by atoms with Crippen molar-refractivity contribution in [3.8, 4) is 0 Å². The Hall–Kier alpha value is -1.31. The molecule has 94 valence electrons. The third-order valence-corrected chi connectivity index (χ3v) is 2.73. The first-order valence-electron chi connectivity index (χ1n) is 4.13. The van der Waals surface area contributed by atoms with Crippen LogP contribution < -0.4 is 5.73 Å². The summed E-state index contributed by atoms with van der Waals surface area (Å²) >= 11 is 2.44. The van der Waals surface area contributed by atoms with Gasteiger partial charge in [0, 0.05) is 0 Å². The lowest BCUT2D eigenvalue weighted by Crippen LogP contribution is -2.14. The number of esters is 1. The van der Waals surface area contributed by atoms with E-state index in [-0.39, 0.29) is 0 Å². The molecule has 0 aliphatic heterocycles. The topological polar surface area (TPSA) is 52.3 Å². The third-order valence-electron chi connectivity index (χ3n) is 1.96. The summed E-state index contributed by atoms with van der Waals surface area (Å²) in [5.74, 6) is -2.49. The minimum absolute atomic E-state index is 0.439. The first kappa shape index (κ1) is 13.8. The van der Waals surface area contributed by atoms with Crippen molar-refractivity contribution in [2.75, 3.05) is 12.8 Å². The SMILES string of the molecule is COC(=O)c1cc(C(F)(F)F)c(Br)c(F)c1N. The normalized spacial score (nSPS) is 11.4. The van der Waals surface area contributed by atoms with Gasteiger partial charge in [-0.3, -0.25) is 0 Å². The van der Waals surface area contributed by atoms with E-state index in [2.05, 4.69) is 20.7 Å². The van der Waals surface area contributed by atoms with Crippen molar-refractivity contribution in [3.05, 3.63) is 27.5 Å². The Morgan fingerprint density at radius 3 is 2.41 bits per heavy atom. The molecule has 3 nitrogen and oxygen atoms in total. The van der Waals surface area contributed by atoms with Gasteiger partial charge in [0.25, 0.3) is 0 Å². The van der Waals surface area contributed by atoms with Gasteiger partial charge >= 0.3 is 12.1 Å². The first-order valence-corrected chi connectivity index (χ1v) is 4.92. The fraction of sp³-hybridized carbons (Fsp3) is 0.222. The van der Waals surface area contributed by atoms with Gasteiger partial charge in [0.15, 0.2) is 5.82 Å². The number of hydrogen-bond acceptors (Lipinski definition) is 3. The van der Waals surface area contributed by atoms with E-state index in [9.17, 15) is 22.4 Å². The smallest absolute Gasteiger partial charge is 0.417 e. The average molecular weight is 316 g/mol. The van der Waals surface area contributed by atoms with Crippen LogP contribution in [0.4, 0.5) is 23.2 Å². The summed E-state index contributed by atoms with van der Waals surface area (Å²) in [5, 5.41) is 0. The van der Waals surface area contributed by atoms with Crippen molar-refractivity contribution < 1.29 is 27.1 Å². The van der Waals surface area contributed by atoms with E-state index >= 15 is 0 Å². The van der Waals surface area contributed by atoms with Crippen LogP contribution >= 0.6 is 15.9 Å².